The maximum atomic E-state index is 12.4. The number of aliphatic hydroxyl groups is 2. The number of fused-ring (bicyclic) bond motifs is 2. The lowest BCUT2D eigenvalue weighted by atomic mass is 9.95. The number of aliphatic hydroxyl groups excluding tert-OH is 2. The molecule has 3 aliphatic rings. The van der Waals surface area contributed by atoms with Crippen LogP contribution in [0.3, 0.4) is 0 Å². The summed E-state index contributed by atoms with van der Waals surface area (Å²) in [5.74, 6) is 7.34. The first-order chi connectivity index (χ1) is 18.9. The van der Waals surface area contributed by atoms with Crippen molar-refractivity contribution in [3.05, 3.63) is 83.4 Å². The summed E-state index contributed by atoms with van der Waals surface area (Å²) in [5.41, 5.74) is 3.48. The highest BCUT2D eigenvalue weighted by Gasteiger charge is 2.74. The summed E-state index contributed by atoms with van der Waals surface area (Å²) >= 11 is 0. The zero-order valence-electron chi connectivity index (χ0n) is 21.7. The fourth-order valence-corrected chi connectivity index (χ4v) is 6.51. The molecule has 7 rings (SSSR count). The zero-order valence-corrected chi connectivity index (χ0v) is 21.7. The van der Waals surface area contributed by atoms with Crippen LogP contribution in [0.25, 0.3) is 11.2 Å². The van der Waals surface area contributed by atoms with Crippen LogP contribution in [0.4, 0.5) is 5.82 Å². The average Bonchev–Trinajstić information content (AvgIpc) is 3.81. The van der Waals surface area contributed by atoms with Gasteiger partial charge in [0.05, 0.1) is 23.9 Å². The van der Waals surface area contributed by atoms with Crippen LogP contribution in [0.1, 0.15) is 54.2 Å². The number of hydrogen-bond acceptors (Lipinski definition) is 7. The second-order valence-corrected chi connectivity index (χ2v) is 11.2. The molecule has 4 aromatic rings. The molecule has 8 nitrogen and oxygen atoms in total. The number of rotatable bonds is 5. The van der Waals surface area contributed by atoms with Crippen LogP contribution in [0, 0.1) is 30.1 Å². The number of hydrogen-bond donors (Lipinski definition) is 3. The first-order valence-corrected chi connectivity index (χ1v) is 13.4. The highest BCUT2D eigenvalue weighted by molar-refractivity contribution is 5.88. The summed E-state index contributed by atoms with van der Waals surface area (Å²) in [6, 6.07) is 18.0. The Kier molecular flexibility index (Phi) is 5.38. The van der Waals surface area contributed by atoms with E-state index >= 15 is 0 Å². The maximum Gasteiger partial charge on any atom is 0.209 e. The van der Waals surface area contributed by atoms with Gasteiger partial charge in [-0.15, -0.1) is 0 Å². The van der Waals surface area contributed by atoms with Crippen molar-refractivity contribution in [3.63, 3.8) is 0 Å². The first kappa shape index (κ1) is 24.0. The molecule has 4 unspecified atom stereocenters. The van der Waals surface area contributed by atoms with E-state index in [0.29, 0.717) is 35.1 Å². The Balaban J connectivity index is 1.29. The van der Waals surface area contributed by atoms with Crippen molar-refractivity contribution in [1.82, 2.24) is 19.5 Å². The smallest absolute Gasteiger partial charge is 0.209 e. The van der Waals surface area contributed by atoms with E-state index in [0.717, 1.165) is 17.5 Å². The van der Waals surface area contributed by atoms with Gasteiger partial charge in [0, 0.05) is 17.5 Å². The summed E-state index contributed by atoms with van der Waals surface area (Å²) in [7, 11) is 0. The van der Waals surface area contributed by atoms with Gasteiger partial charge in [-0.1, -0.05) is 48.4 Å². The molecule has 39 heavy (non-hydrogen) atoms. The van der Waals surface area contributed by atoms with Crippen LogP contribution in [0.5, 0.6) is 0 Å². The Hall–Kier alpha value is -4.06. The molecule has 0 aliphatic heterocycles. The van der Waals surface area contributed by atoms with Crippen molar-refractivity contribution in [1.29, 1.82) is 0 Å². The number of ketones is 1. The number of carbonyl (C=O) groups excluding carboxylic acids is 1. The van der Waals surface area contributed by atoms with Gasteiger partial charge in [0.25, 0.3) is 0 Å². The Morgan fingerprint density at radius 2 is 1.92 bits per heavy atom. The monoisotopic (exact) mass is 519 g/mol. The van der Waals surface area contributed by atoms with E-state index in [1.807, 2.05) is 37.3 Å². The lowest BCUT2D eigenvalue weighted by molar-refractivity contribution is -0.128. The molecule has 7 atom stereocenters. The molecule has 3 aliphatic carbocycles. The van der Waals surface area contributed by atoms with Gasteiger partial charge in [0.1, 0.15) is 11.9 Å². The quantitative estimate of drug-likeness (QED) is 0.347. The fraction of sp³-hybridized carbons (Fsp3) is 0.355. The Bertz CT molecular complexity index is 1670. The molecule has 3 fully saturated rings. The molecule has 8 heteroatoms. The van der Waals surface area contributed by atoms with Crippen LogP contribution in [0.2, 0.25) is 0 Å². The zero-order chi connectivity index (χ0) is 26.9. The van der Waals surface area contributed by atoms with Crippen LogP contribution >= 0.6 is 0 Å². The number of Topliss-reactive ketones (excluding diaryl/α,β-unsaturated/α-hetero) is 1. The summed E-state index contributed by atoms with van der Waals surface area (Å²) < 4.78 is 1.80. The summed E-state index contributed by atoms with van der Waals surface area (Å²) in [5, 5.41) is 25.4. The Labute approximate surface area is 226 Å². The summed E-state index contributed by atoms with van der Waals surface area (Å²) in [4.78, 5) is 26.6. The van der Waals surface area contributed by atoms with Gasteiger partial charge < -0.3 is 20.1 Å². The summed E-state index contributed by atoms with van der Waals surface area (Å²) in [6.07, 6.45) is 0.961. The van der Waals surface area contributed by atoms with Gasteiger partial charge in [-0.2, -0.15) is 0 Å². The Morgan fingerprint density at radius 1 is 1.10 bits per heavy atom. The van der Waals surface area contributed by atoms with Gasteiger partial charge >= 0.3 is 0 Å². The van der Waals surface area contributed by atoms with E-state index < -0.39 is 23.7 Å². The Morgan fingerprint density at radius 3 is 2.67 bits per heavy atom. The number of aromatic nitrogens is 4. The van der Waals surface area contributed by atoms with E-state index in [1.165, 1.54) is 12.5 Å². The van der Waals surface area contributed by atoms with Crippen molar-refractivity contribution in [2.45, 2.75) is 56.9 Å². The number of carbonyl (C=O) groups is 1. The van der Waals surface area contributed by atoms with E-state index in [4.69, 9.17) is 9.97 Å². The third-order valence-electron chi connectivity index (χ3n) is 8.75. The third kappa shape index (κ3) is 3.84. The number of nitrogens with zero attached hydrogens (tertiary/aromatic N) is 4. The predicted molar refractivity (Wildman–Crippen MR) is 146 cm³/mol. The van der Waals surface area contributed by atoms with Crippen molar-refractivity contribution in [2.75, 3.05) is 5.32 Å². The fourth-order valence-electron chi connectivity index (χ4n) is 6.51. The highest BCUT2D eigenvalue weighted by atomic mass is 16.3. The lowest BCUT2D eigenvalue weighted by Gasteiger charge is -2.23. The third-order valence-corrected chi connectivity index (χ3v) is 8.75. The number of imidazole rings is 1. The second-order valence-electron chi connectivity index (χ2n) is 11.2. The van der Waals surface area contributed by atoms with E-state index in [2.05, 4.69) is 46.4 Å². The largest absolute Gasteiger partial charge is 0.389 e. The molecule has 0 saturated heterocycles. The molecule has 0 amide bonds. The van der Waals surface area contributed by atoms with Gasteiger partial charge in [-0.05, 0) is 61.8 Å². The standard InChI is InChI=1S/C31H29N5O3/c1-17-7-6-8-19(13-17)11-12-24-34-29(33-23-14-21(23)20-9-4-3-5-10-20)25-30(35-24)36(16-32-25)26-22-15-31(22,18(2)37)28(39)27(26)38/h3-10,13,16,21-23,26-28,38-39H,14-15H2,1-2H3,(H,33,34,35)/t21?,22?,23?,26-,27+,28?,31-/m1/s1. The van der Waals surface area contributed by atoms with Crippen LogP contribution < -0.4 is 5.32 Å². The average molecular weight is 520 g/mol. The minimum absolute atomic E-state index is 0.0895. The van der Waals surface area contributed by atoms with Gasteiger partial charge in [0.2, 0.25) is 5.82 Å². The number of anilines is 1. The summed E-state index contributed by atoms with van der Waals surface area (Å²) in [6.45, 7) is 3.51. The highest BCUT2D eigenvalue weighted by Crippen LogP contribution is 2.68. The van der Waals surface area contributed by atoms with E-state index in [-0.39, 0.29) is 17.7 Å². The van der Waals surface area contributed by atoms with Crippen molar-refractivity contribution in [2.24, 2.45) is 11.3 Å². The molecule has 2 aromatic heterocycles. The van der Waals surface area contributed by atoms with Crippen LogP contribution in [0.15, 0.2) is 60.9 Å². The van der Waals surface area contributed by atoms with Crippen LogP contribution in [-0.4, -0.2) is 53.8 Å². The predicted octanol–water partition coefficient (Wildman–Crippen LogP) is 3.37. The van der Waals surface area contributed by atoms with E-state index in [1.54, 1.807) is 10.9 Å². The molecule has 0 spiro atoms. The normalized spacial score (nSPS) is 30.4. The molecule has 196 valence electrons. The minimum Gasteiger partial charge on any atom is -0.389 e. The van der Waals surface area contributed by atoms with E-state index in [9.17, 15) is 15.0 Å². The van der Waals surface area contributed by atoms with Gasteiger partial charge in [-0.3, -0.25) is 4.79 Å². The molecule has 0 bridgehead atoms. The minimum atomic E-state index is -1.11. The van der Waals surface area contributed by atoms with Crippen LogP contribution in [-0.2, 0) is 4.79 Å². The molecule has 2 aromatic carbocycles. The van der Waals surface area contributed by atoms with Crippen molar-refractivity contribution < 1.29 is 15.0 Å². The lowest BCUT2D eigenvalue weighted by Crippen LogP contribution is -2.36. The molecule has 3 saturated carbocycles. The number of nitrogens with one attached hydrogen (secondary N) is 1. The van der Waals surface area contributed by atoms with Crippen molar-refractivity contribution >= 4 is 22.8 Å². The van der Waals surface area contributed by atoms with Crippen molar-refractivity contribution in [3.8, 4) is 11.8 Å². The topological polar surface area (TPSA) is 113 Å². The maximum absolute atomic E-state index is 12.4. The molecule has 3 N–H and O–H groups in total. The van der Waals surface area contributed by atoms with Gasteiger partial charge in [0.15, 0.2) is 17.0 Å². The molecule has 0 radical (unpaired) electrons. The molecular formula is C31H29N5O3. The number of aryl methyl sites for hydroxylation is 1. The van der Waals surface area contributed by atoms with Gasteiger partial charge in [-0.25, -0.2) is 15.0 Å². The first-order valence-electron chi connectivity index (χ1n) is 13.4. The second kappa shape index (κ2) is 8.73. The molecular weight excluding hydrogens is 490 g/mol. The SMILES string of the molecule is CC(=O)[C@]12CC1[C@@H](n1cnc3c(NC4CC4c4ccccc4)nc(C#Cc4cccc(C)c4)nc31)[C@H](O)C2O. The molecule has 2 heterocycles. The number of benzene rings is 2.